The van der Waals surface area contributed by atoms with Gasteiger partial charge in [-0.15, -0.1) is 0 Å². The largest absolute Gasteiger partial charge is 0.508 e. The maximum absolute atomic E-state index is 12.0. The second kappa shape index (κ2) is 7.09. The van der Waals surface area contributed by atoms with E-state index < -0.39 is 13.4 Å². The molecule has 1 heterocycles. The Morgan fingerprint density at radius 2 is 1.96 bits per heavy atom. The van der Waals surface area contributed by atoms with Crippen molar-refractivity contribution in [1.82, 2.24) is 4.98 Å². The lowest BCUT2D eigenvalue weighted by atomic mass is 10.1. The van der Waals surface area contributed by atoms with Crippen LogP contribution in [0.3, 0.4) is 0 Å². The first-order valence-corrected chi connectivity index (χ1v) is 9.66. The zero-order valence-corrected chi connectivity index (χ0v) is 16.3. The third-order valence-corrected chi connectivity index (χ3v) is 4.92. The van der Waals surface area contributed by atoms with Crippen molar-refractivity contribution in [2.75, 3.05) is 27.4 Å². The lowest BCUT2D eigenvalue weighted by Crippen LogP contribution is -2.43. The molecule has 0 aliphatic heterocycles. The highest BCUT2D eigenvalue weighted by Crippen LogP contribution is 2.47. The first-order valence-electron chi connectivity index (χ1n) is 8.16. The Kier molecular flexibility index (Phi) is 5.66. The van der Waals surface area contributed by atoms with Gasteiger partial charge in [0, 0.05) is 23.5 Å². The first kappa shape index (κ1) is 19.9. The Balaban J connectivity index is 1.96. The number of phosphoric ester groups is 1. The summed E-state index contributed by atoms with van der Waals surface area (Å²) in [5.41, 5.74) is 1.29. The van der Waals surface area contributed by atoms with E-state index in [9.17, 15) is 14.6 Å². The van der Waals surface area contributed by atoms with Crippen molar-refractivity contribution in [2.45, 2.75) is 32.8 Å². The van der Waals surface area contributed by atoms with Crippen LogP contribution in [0.4, 0.5) is 0 Å². The predicted octanol–water partition coefficient (Wildman–Crippen LogP) is 3.38. The van der Waals surface area contributed by atoms with E-state index in [-0.39, 0.29) is 12.5 Å². The monoisotopic (exact) mass is 371 g/mol. The van der Waals surface area contributed by atoms with Gasteiger partial charge in [0.1, 0.15) is 5.75 Å². The van der Waals surface area contributed by atoms with Crippen molar-refractivity contribution < 1.29 is 28.1 Å². The number of fused-ring (bicyclic) bond motifs is 1. The van der Waals surface area contributed by atoms with Crippen molar-refractivity contribution >= 4 is 18.7 Å². The van der Waals surface area contributed by atoms with Gasteiger partial charge in [-0.1, -0.05) is 0 Å². The number of rotatable bonds is 7. The summed E-state index contributed by atoms with van der Waals surface area (Å²) in [6.45, 7) is 5.85. The molecule has 0 bridgehead atoms. The number of hydrogen-bond acceptors (Lipinski definition) is 4. The van der Waals surface area contributed by atoms with Crippen LogP contribution < -0.4 is 0 Å². The van der Waals surface area contributed by atoms with Gasteiger partial charge in [-0.3, -0.25) is 4.52 Å². The summed E-state index contributed by atoms with van der Waals surface area (Å²) in [6.07, 6.45) is 2.65. The molecule has 7 nitrogen and oxygen atoms in total. The smallest absolute Gasteiger partial charge is 0.477 e. The van der Waals surface area contributed by atoms with Crippen molar-refractivity contribution in [3.8, 4) is 5.75 Å². The molecule has 8 heteroatoms. The summed E-state index contributed by atoms with van der Waals surface area (Å²) < 4.78 is 22.6. The van der Waals surface area contributed by atoms with E-state index in [4.69, 9.17) is 9.05 Å². The fourth-order valence-corrected chi connectivity index (χ4v) is 3.67. The number of nitrogens with one attached hydrogen (secondary N) is 1. The van der Waals surface area contributed by atoms with Crippen LogP contribution in [0.15, 0.2) is 24.4 Å². The Morgan fingerprint density at radius 1 is 1.28 bits per heavy atom. The molecule has 2 aromatic rings. The van der Waals surface area contributed by atoms with E-state index in [1.807, 2.05) is 26.4 Å². The Bertz CT molecular complexity index is 779. The average Bonchev–Trinajstić information content (AvgIpc) is 2.83. The zero-order chi connectivity index (χ0) is 18.9. The molecule has 140 valence electrons. The minimum atomic E-state index is -4.09. The highest BCUT2D eigenvalue weighted by molar-refractivity contribution is 7.47. The number of hydrogen-bond donors (Lipinski definition) is 3. The highest BCUT2D eigenvalue weighted by Gasteiger charge is 2.31. The third-order valence-electron chi connectivity index (χ3n) is 3.70. The molecule has 0 radical (unpaired) electrons. The zero-order valence-electron chi connectivity index (χ0n) is 15.4. The molecular formula is C17H28N2O5P+. The first-order chi connectivity index (χ1) is 11.4. The minimum Gasteiger partial charge on any atom is -0.508 e. The fraction of sp³-hybridized carbons (Fsp3) is 0.529. The maximum atomic E-state index is 12.0. The van der Waals surface area contributed by atoms with E-state index in [1.54, 1.807) is 32.9 Å². The van der Waals surface area contributed by atoms with Gasteiger partial charge in [0.05, 0.1) is 26.2 Å². The molecule has 25 heavy (non-hydrogen) atoms. The molecule has 1 atom stereocenters. The topological polar surface area (TPSA) is 91.8 Å². The van der Waals surface area contributed by atoms with Crippen LogP contribution in [-0.4, -0.2) is 52.4 Å². The summed E-state index contributed by atoms with van der Waals surface area (Å²) >= 11 is 0. The number of phenolic OH excluding ortho intramolecular Hbond substituents is 1. The second-order valence-corrected chi connectivity index (χ2v) is 9.26. The van der Waals surface area contributed by atoms with Gasteiger partial charge in [0.2, 0.25) is 0 Å². The summed E-state index contributed by atoms with van der Waals surface area (Å²) in [5.74, 6) is 0.228. The summed E-state index contributed by atoms with van der Waals surface area (Å²) in [6, 6.07) is 5.21. The summed E-state index contributed by atoms with van der Waals surface area (Å²) in [4.78, 5) is 13.0. The van der Waals surface area contributed by atoms with Crippen LogP contribution in [0.5, 0.6) is 5.75 Å². The van der Waals surface area contributed by atoms with Gasteiger partial charge >= 0.3 is 7.82 Å². The van der Waals surface area contributed by atoms with Crippen molar-refractivity contribution in [1.29, 1.82) is 0 Å². The lowest BCUT2D eigenvalue weighted by Gasteiger charge is -2.31. The number of aromatic amines is 1. The van der Waals surface area contributed by atoms with Crippen LogP contribution >= 0.6 is 7.82 Å². The van der Waals surface area contributed by atoms with Gasteiger partial charge < -0.3 is 19.5 Å². The van der Waals surface area contributed by atoms with E-state index in [1.165, 1.54) is 0 Å². The molecule has 1 aromatic heterocycles. The van der Waals surface area contributed by atoms with E-state index in [0.717, 1.165) is 22.9 Å². The molecule has 1 unspecified atom stereocenters. The highest BCUT2D eigenvalue weighted by atomic mass is 31.2. The van der Waals surface area contributed by atoms with Crippen LogP contribution in [-0.2, 0) is 20.0 Å². The maximum Gasteiger partial charge on any atom is 0.477 e. The molecule has 0 spiro atoms. The van der Waals surface area contributed by atoms with Gasteiger partial charge in [-0.2, -0.15) is 0 Å². The molecule has 0 aliphatic rings. The van der Waals surface area contributed by atoms with Crippen LogP contribution in [0, 0.1) is 0 Å². The molecule has 2 rings (SSSR count). The molecule has 3 N–H and O–H groups in total. The molecule has 0 fully saturated rings. The van der Waals surface area contributed by atoms with E-state index >= 15 is 0 Å². The number of phenols is 1. The normalized spacial score (nSPS) is 15.4. The number of likely N-dealkylation sites (N-methyl/N-ethyl adjacent to an activating group) is 1. The molecule has 0 aliphatic carbocycles. The number of quaternary nitrogens is 1. The van der Waals surface area contributed by atoms with Crippen molar-refractivity contribution in [2.24, 2.45) is 0 Å². The van der Waals surface area contributed by atoms with Crippen molar-refractivity contribution in [3.63, 3.8) is 0 Å². The Hall–Kier alpha value is -1.37. The Labute approximate surface area is 148 Å². The second-order valence-electron chi connectivity index (χ2n) is 7.88. The molecule has 1 aromatic carbocycles. The average molecular weight is 371 g/mol. The number of aromatic nitrogens is 1. The predicted molar refractivity (Wildman–Crippen MR) is 97.3 cm³/mol. The Morgan fingerprint density at radius 3 is 2.60 bits per heavy atom. The van der Waals surface area contributed by atoms with Gasteiger partial charge in [-0.05, 0) is 44.5 Å². The molecule has 0 saturated carbocycles. The minimum absolute atomic E-state index is 0.0530. The van der Waals surface area contributed by atoms with Gasteiger partial charge in [0.25, 0.3) is 0 Å². The number of nitrogens with zero attached hydrogens (tertiary/aromatic N) is 1. The number of phosphoric acid groups is 1. The molecule has 0 amide bonds. The van der Waals surface area contributed by atoms with E-state index in [0.29, 0.717) is 11.0 Å². The molecule has 0 saturated heterocycles. The molecular weight excluding hydrogens is 343 g/mol. The van der Waals surface area contributed by atoms with Gasteiger partial charge in [-0.25, -0.2) is 9.09 Å². The summed E-state index contributed by atoms with van der Waals surface area (Å²) in [5, 5.41) is 10.6. The van der Waals surface area contributed by atoms with Crippen LogP contribution in [0.25, 0.3) is 10.9 Å². The van der Waals surface area contributed by atoms with Crippen LogP contribution in [0.1, 0.15) is 26.3 Å². The fourth-order valence-electron chi connectivity index (χ4n) is 2.46. The number of benzene rings is 1. The van der Waals surface area contributed by atoms with Crippen LogP contribution in [0.2, 0.25) is 0 Å². The number of aromatic hydroxyl groups is 1. The van der Waals surface area contributed by atoms with Gasteiger partial charge in [0.15, 0.2) is 6.73 Å². The number of H-pyrrole nitrogens is 1. The lowest BCUT2D eigenvalue weighted by molar-refractivity contribution is -0.906. The van der Waals surface area contributed by atoms with E-state index in [2.05, 4.69) is 4.98 Å². The SMILES string of the molecule is CC(C)(C)OP(=O)(O)OC[N+](C)(C)CCc1c[nH]c2ccc(O)cc12. The quantitative estimate of drug-likeness (QED) is 0.394. The third kappa shape index (κ3) is 6.13. The standard InChI is InChI=1S/C17H27N2O5P/c1-17(2,3)24-25(21,22)23-12-19(4,5)9-8-13-11-18-16-7-6-14(20)10-15(13)16/h6-7,10-11,18H,8-9,12H2,1-5H3,(H-,20,21,22)/p+1. The van der Waals surface area contributed by atoms with Crippen molar-refractivity contribution in [3.05, 3.63) is 30.0 Å². The summed E-state index contributed by atoms with van der Waals surface area (Å²) in [7, 11) is -0.255.